The number of rotatable bonds is 4. The lowest BCUT2D eigenvalue weighted by atomic mass is 10.2. The van der Waals surface area contributed by atoms with Gasteiger partial charge in [-0.25, -0.2) is 14.2 Å². The summed E-state index contributed by atoms with van der Waals surface area (Å²) in [7, 11) is 11.3. The molecule has 4 aromatic rings. The summed E-state index contributed by atoms with van der Waals surface area (Å²) in [6.45, 7) is -0.0132. The first-order valence-electron chi connectivity index (χ1n) is 9.42. The van der Waals surface area contributed by atoms with E-state index in [-0.39, 0.29) is 19.0 Å². The van der Waals surface area contributed by atoms with Gasteiger partial charge in [0.2, 0.25) is 9.23 Å². The van der Waals surface area contributed by atoms with Gasteiger partial charge in [0.15, 0.2) is 0 Å². The van der Waals surface area contributed by atoms with Crippen molar-refractivity contribution in [2.45, 2.75) is 12.5 Å². The topological polar surface area (TPSA) is 72.9 Å². The second-order valence-electron chi connectivity index (χ2n) is 6.54. The van der Waals surface area contributed by atoms with E-state index < -0.39 is 9.23 Å². The Morgan fingerprint density at radius 3 is 1.48 bits per heavy atom. The minimum Gasteiger partial charge on any atom is -0.390 e. The summed E-state index contributed by atoms with van der Waals surface area (Å²) in [6.07, 6.45) is 3.79. The van der Waals surface area contributed by atoms with Gasteiger partial charge >= 0.3 is 0 Å². The minimum absolute atomic E-state index is 0. The lowest BCUT2D eigenvalue weighted by Crippen LogP contribution is -1.90. The number of hydrogen-bond donors (Lipinski definition) is 1. The minimum atomic E-state index is -1.67. The van der Waals surface area contributed by atoms with Crippen LogP contribution in [0.1, 0.15) is 11.4 Å². The maximum absolute atomic E-state index is 9.09. The Balaban J connectivity index is 0.000000278. The maximum Gasteiger partial charge on any atom is 0.211 e. The van der Waals surface area contributed by atoms with Crippen LogP contribution in [0.5, 0.6) is 0 Å². The molecule has 6 nitrogen and oxygen atoms in total. The predicted molar refractivity (Wildman–Crippen MR) is 140 cm³/mol. The van der Waals surface area contributed by atoms with Crippen molar-refractivity contribution < 1.29 is 9.32 Å². The zero-order chi connectivity index (χ0) is 23.5. The fourth-order valence-corrected chi connectivity index (χ4v) is 3.04. The molecule has 0 spiro atoms. The number of nitrogens with zero attached hydrogens (tertiary/aromatic N) is 4. The van der Waals surface area contributed by atoms with Gasteiger partial charge in [-0.3, -0.25) is 0 Å². The molecule has 0 saturated carbocycles. The van der Waals surface area contributed by atoms with Crippen LogP contribution in [0.3, 0.4) is 0 Å². The number of aliphatic hydroxyl groups is 1. The predicted octanol–water partition coefficient (Wildman–Crippen LogP) is 5.87. The van der Waals surface area contributed by atoms with E-state index in [2.05, 4.69) is 31.3 Å². The highest BCUT2D eigenvalue weighted by atomic mass is 36.0. The summed E-state index contributed by atoms with van der Waals surface area (Å²) in [5.74, 6) is 2.30. The van der Waals surface area contributed by atoms with Crippen LogP contribution in [0, 0.1) is 0 Å². The average molecular weight is 550 g/mol. The van der Waals surface area contributed by atoms with Gasteiger partial charge in [-0.1, -0.05) is 60.7 Å². The number of aliphatic hydroxyl groups excluding tert-OH is 1. The molecule has 1 N–H and O–H groups in total. The number of aryl methyl sites for hydroxylation is 2. The monoisotopic (exact) mass is 548 g/mol. The molecule has 178 valence electrons. The summed E-state index contributed by atoms with van der Waals surface area (Å²) >= 11 is 5.72. The van der Waals surface area contributed by atoms with Crippen LogP contribution in [0.15, 0.2) is 73.1 Å². The molecule has 0 aliphatic heterocycles. The zero-order valence-corrected chi connectivity index (χ0v) is 21.8. The Labute approximate surface area is 216 Å². The number of imidazole rings is 2. The molecular formula is C22H24Cl4N4O2S. The summed E-state index contributed by atoms with van der Waals surface area (Å²) in [6, 6.07) is 20.0. The molecule has 11 heteroatoms. The van der Waals surface area contributed by atoms with E-state index in [4.69, 9.17) is 20.9 Å². The SMILES string of the molecule is Cl.Cn1cc(CCl)nc1-c1ccccc1.Cn1cc(CO)nc1-c1ccccc1.O=S(Cl)Cl. The first-order valence-corrected chi connectivity index (χ1v) is 12.8. The number of hydrogen-bond acceptors (Lipinski definition) is 4. The largest absolute Gasteiger partial charge is 0.390 e. The molecule has 0 radical (unpaired) electrons. The van der Waals surface area contributed by atoms with Crippen molar-refractivity contribution in [3.8, 4) is 22.8 Å². The van der Waals surface area contributed by atoms with Crippen molar-refractivity contribution in [2.24, 2.45) is 14.1 Å². The van der Waals surface area contributed by atoms with Crippen molar-refractivity contribution in [3.63, 3.8) is 0 Å². The molecule has 0 unspecified atom stereocenters. The lowest BCUT2D eigenvalue weighted by Gasteiger charge is -1.99. The Kier molecular flexibility index (Phi) is 13.4. The van der Waals surface area contributed by atoms with Gasteiger partial charge in [0.25, 0.3) is 0 Å². The van der Waals surface area contributed by atoms with E-state index in [0.717, 1.165) is 28.5 Å². The molecule has 33 heavy (non-hydrogen) atoms. The van der Waals surface area contributed by atoms with Crippen molar-refractivity contribution in [3.05, 3.63) is 84.4 Å². The standard InChI is InChI=1S/C11H11ClN2.C11H12N2O.Cl2OS.ClH/c1-14-8-10(7-12)13-11(14)9-5-3-2-4-6-9;1-13-7-10(8-14)12-11(13)9-5-3-2-4-6-9;1-4(2)3;/h2-6,8H,7H2,1H3;2-7,14H,8H2,1H3;;1H. The molecule has 2 aromatic carbocycles. The molecule has 2 heterocycles. The molecule has 0 bridgehead atoms. The van der Waals surface area contributed by atoms with E-state index in [0.29, 0.717) is 11.6 Å². The Morgan fingerprint density at radius 1 is 0.818 bits per heavy atom. The second-order valence-corrected chi connectivity index (χ2v) is 9.33. The van der Waals surface area contributed by atoms with Crippen LogP contribution in [0.25, 0.3) is 22.8 Å². The van der Waals surface area contributed by atoms with Gasteiger partial charge in [0, 0.05) is 59.0 Å². The normalized spacial score (nSPS) is 9.91. The Morgan fingerprint density at radius 2 is 1.18 bits per heavy atom. The van der Waals surface area contributed by atoms with Crippen molar-refractivity contribution in [1.29, 1.82) is 0 Å². The molecular weight excluding hydrogens is 526 g/mol. The van der Waals surface area contributed by atoms with Crippen LogP contribution in [0.2, 0.25) is 0 Å². The van der Waals surface area contributed by atoms with E-state index in [1.165, 1.54) is 0 Å². The van der Waals surface area contributed by atoms with E-state index in [1.807, 2.05) is 96.3 Å². The van der Waals surface area contributed by atoms with Gasteiger partial charge in [0.05, 0.1) is 23.9 Å². The van der Waals surface area contributed by atoms with Gasteiger partial charge in [0.1, 0.15) is 11.6 Å². The average Bonchev–Trinajstić information content (AvgIpc) is 3.37. The number of aromatic nitrogens is 4. The van der Waals surface area contributed by atoms with Gasteiger partial charge in [-0.2, -0.15) is 0 Å². The summed E-state index contributed by atoms with van der Waals surface area (Å²) in [5.41, 5.74) is 3.79. The zero-order valence-electron chi connectivity index (χ0n) is 17.9. The molecule has 0 atom stereocenters. The molecule has 0 fully saturated rings. The fraction of sp³-hybridized carbons (Fsp3) is 0.182. The first-order chi connectivity index (χ1) is 15.3. The van der Waals surface area contributed by atoms with Gasteiger partial charge < -0.3 is 14.2 Å². The highest BCUT2D eigenvalue weighted by Gasteiger charge is 2.06. The van der Waals surface area contributed by atoms with E-state index in [1.54, 1.807) is 0 Å². The molecule has 0 saturated heterocycles. The summed E-state index contributed by atoms with van der Waals surface area (Å²) in [5, 5.41) is 8.95. The molecule has 2 aromatic heterocycles. The Bertz CT molecular complexity index is 1030. The van der Waals surface area contributed by atoms with E-state index in [9.17, 15) is 0 Å². The van der Waals surface area contributed by atoms with Crippen LogP contribution in [-0.2, 0) is 35.8 Å². The third-order valence-electron chi connectivity index (χ3n) is 4.22. The molecule has 0 aliphatic rings. The molecule has 0 aliphatic carbocycles. The third-order valence-corrected chi connectivity index (χ3v) is 4.49. The molecule has 0 amide bonds. The second kappa shape index (κ2) is 15.1. The van der Waals surface area contributed by atoms with Gasteiger partial charge in [-0.05, 0) is 0 Å². The van der Waals surface area contributed by atoms with Crippen LogP contribution in [0.4, 0.5) is 0 Å². The lowest BCUT2D eigenvalue weighted by molar-refractivity contribution is 0.277. The smallest absolute Gasteiger partial charge is 0.211 e. The third kappa shape index (κ3) is 9.49. The summed E-state index contributed by atoms with van der Waals surface area (Å²) in [4.78, 5) is 8.74. The van der Waals surface area contributed by atoms with Crippen molar-refractivity contribution >= 4 is 54.6 Å². The number of alkyl halides is 1. The van der Waals surface area contributed by atoms with Crippen LogP contribution < -0.4 is 0 Å². The molecule has 4 rings (SSSR count). The first kappa shape index (κ1) is 29.2. The highest BCUT2D eigenvalue weighted by molar-refractivity contribution is 8.26. The van der Waals surface area contributed by atoms with Gasteiger partial charge in [-0.15, -0.1) is 24.0 Å². The van der Waals surface area contributed by atoms with Crippen LogP contribution in [-0.4, -0.2) is 28.4 Å². The van der Waals surface area contributed by atoms with E-state index >= 15 is 0 Å². The van der Waals surface area contributed by atoms with Crippen LogP contribution >= 0.6 is 45.4 Å². The summed E-state index contributed by atoms with van der Waals surface area (Å²) < 4.78 is 13.0. The fourth-order valence-electron chi connectivity index (χ4n) is 2.91. The highest BCUT2D eigenvalue weighted by Crippen LogP contribution is 2.18. The van der Waals surface area contributed by atoms with Crippen molar-refractivity contribution in [2.75, 3.05) is 0 Å². The quantitative estimate of drug-likeness (QED) is 0.255. The maximum atomic E-state index is 9.09. The number of halogens is 4. The Hall–Kier alpha value is -1.87. The van der Waals surface area contributed by atoms with Crippen molar-refractivity contribution in [1.82, 2.24) is 19.1 Å². The number of benzene rings is 2.